The molecule has 0 radical (unpaired) electrons. The third-order valence-corrected chi connectivity index (χ3v) is 5.66. The van der Waals surface area contributed by atoms with Gasteiger partial charge in [0.05, 0.1) is 12.8 Å². The highest BCUT2D eigenvalue weighted by Crippen LogP contribution is 2.25. The van der Waals surface area contributed by atoms with E-state index in [0.717, 1.165) is 11.3 Å². The first-order chi connectivity index (χ1) is 17.5. The van der Waals surface area contributed by atoms with Crippen LogP contribution in [0.1, 0.15) is 10.4 Å². The third-order valence-electron chi connectivity index (χ3n) is 5.42. The van der Waals surface area contributed by atoms with Gasteiger partial charge in [-0.2, -0.15) is 0 Å². The summed E-state index contributed by atoms with van der Waals surface area (Å²) in [7, 11) is 1.56. The standard InChI is InChI=1S/C28H25ClN4O3/c1-3-16-32(27(35)21-12-14-24(36-2)15-13-21)19-26(34)31-28-30-25(20-8-5-4-6-9-20)18-33(28)23-11-7-10-22(29)17-23/h3-15,17-18H,1,16,19H2,2H3,(H,30,31,34). The fourth-order valence-corrected chi connectivity index (χ4v) is 3.85. The van der Waals surface area contributed by atoms with Crippen LogP contribution in [-0.2, 0) is 4.79 Å². The maximum Gasteiger partial charge on any atom is 0.254 e. The molecule has 4 aromatic rings. The minimum Gasteiger partial charge on any atom is -0.497 e. The number of anilines is 1. The number of methoxy groups -OCH3 is 1. The van der Waals surface area contributed by atoms with Crippen LogP contribution in [0.5, 0.6) is 5.75 Å². The molecule has 2 amide bonds. The van der Waals surface area contributed by atoms with Gasteiger partial charge < -0.3 is 9.64 Å². The number of hydrogen-bond acceptors (Lipinski definition) is 4. The molecule has 0 aliphatic carbocycles. The number of imidazole rings is 1. The highest BCUT2D eigenvalue weighted by molar-refractivity contribution is 6.30. The predicted molar refractivity (Wildman–Crippen MR) is 142 cm³/mol. The number of nitrogens with one attached hydrogen (secondary N) is 1. The average Bonchev–Trinajstić information content (AvgIpc) is 3.32. The molecule has 7 nitrogen and oxygen atoms in total. The third kappa shape index (κ3) is 5.82. The Labute approximate surface area is 214 Å². The van der Waals surface area contributed by atoms with Gasteiger partial charge in [0.2, 0.25) is 11.9 Å². The number of ether oxygens (including phenoxy) is 1. The van der Waals surface area contributed by atoms with Crippen LogP contribution in [-0.4, -0.2) is 46.5 Å². The van der Waals surface area contributed by atoms with E-state index in [1.807, 2.05) is 48.7 Å². The summed E-state index contributed by atoms with van der Waals surface area (Å²) in [5.41, 5.74) is 2.77. The molecule has 0 unspecified atom stereocenters. The average molecular weight is 501 g/mol. The van der Waals surface area contributed by atoms with Crippen molar-refractivity contribution in [2.45, 2.75) is 0 Å². The van der Waals surface area contributed by atoms with Gasteiger partial charge in [0, 0.05) is 34.6 Å². The smallest absolute Gasteiger partial charge is 0.254 e. The summed E-state index contributed by atoms with van der Waals surface area (Å²) in [6, 6.07) is 23.6. The van der Waals surface area contributed by atoms with Gasteiger partial charge in [-0.1, -0.05) is 54.1 Å². The molecule has 1 N–H and O–H groups in total. The minimum atomic E-state index is -0.396. The van der Waals surface area contributed by atoms with E-state index in [2.05, 4.69) is 16.9 Å². The van der Waals surface area contributed by atoms with Crippen molar-refractivity contribution in [3.63, 3.8) is 0 Å². The fraction of sp³-hybridized carbons (Fsp3) is 0.107. The summed E-state index contributed by atoms with van der Waals surface area (Å²) in [5, 5.41) is 3.41. The molecule has 182 valence electrons. The second-order valence-corrected chi connectivity index (χ2v) is 8.35. The Balaban J connectivity index is 1.59. The Hall–Kier alpha value is -4.36. The van der Waals surface area contributed by atoms with Crippen molar-refractivity contribution >= 4 is 29.4 Å². The SMILES string of the molecule is C=CCN(CC(=O)Nc1nc(-c2ccccc2)cn1-c1cccc(Cl)c1)C(=O)c1ccc(OC)cc1. The Morgan fingerprint density at radius 1 is 1.08 bits per heavy atom. The number of aromatic nitrogens is 2. The molecular formula is C28H25ClN4O3. The number of carbonyl (C=O) groups excluding carboxylic acids is 2. The summed E-state index contributed by atoms with van der Waals surface area (Å²) >= 11 is 6.21. The van der Waals surface area contributed by atoms with Crippen LogP contribution in [0.25, 0.3) is 16.9 Å². The van der Waals surface area contributed by atoms with Gasteiger partial charge in [0.1, 0.15) is 12.3 Å². The maximum atomic E-state index is 13.1. The number of nitrogens with zero attached hydrogens (tertiary/aromatic N) is 3. The van der Waals surface area contributed by atoms with Crippen LogP contribution in [0.2, 0.25) is 5.02 Å². The van der Waals surface area contributed by atoms with Crippen LogP contribution in [0.15, 0.2) is 97.7 Å². The molecule has 8 heteroatoms. The van der Waals surface area contributed by atoms with E-state index < -0.39 is 5.91 Å². The largest absolute Gasteiger partial charge is 0.497 e. The maximum absolute atomic E-state index is 13.1. The second kappa shape index (κ2) is 11.4. The van der Waals surface area contributed by atoms with Crippen molar-refractivity contribution in [3.8, 4) is 22.7 Å². The molecule has 0 atom stereocenters. The van der Waals surface area contributed by atoms with Gasteiger partial charge in [-0.25, -0.2) is 4.98 Å². The van der Waals surface area contributed by atoms with Crippen LogP contribution >= 0.6 is 11.6 Å². The fourth-order valence-electron chi connectivity index (χ4n) is 3.67. The number of halogens is 1. The van der Waals surface area contributed by atoms with E-state index in [1.165, 1.54) is 4.90 Å². The molecule has 1 heterocycles. The van der Waals surface area contributed by atoms with E-state index in [0.29, 0.717) is 28.0 Å². The first kappa shape index (κ1) is 24.8. The number of rotatable bonds is 9. The van der Waals surface area contributed by atoms with Crippen LogP contribution < -0.4 is 10.1 Å². The second-order valence-electron chi connectivity index (χ2n) is 7.92. The Morgan fingerprint density at radius 3 is 2.50 bits per heavy atom. The molecule has 0 bridgehead atoms. The minimum absolute atomic E-state index is 0.181. The summed E-state index contributed by atoms with van der Waals surface area (Å²) in [5.74, 6) is 0.265. The lowest BCUT2D eigenvalue weighted by molar-refractivity contribution is -0.116. The lowest BCUT2D eigenvalue weighted by Gasteiger charge is -2.21. The first-order valence-corrected chi connectivity index (χ1v) is 11.6. The normalized spacial score (nSPS) is 10.5. The van der Waals surface area contributed by atoms with Crippen molar-refractivity contribution in [2.75, 3.05) is 25.5 Å². The highest BCUT2D eigenvalue weighted by atomic mass is 35.5. The summed E-state index contributed by atoms with van der Waals surface area (Å²) in [6.07, 6.45) is 3.41. The molecule has 0 spiro atoms. The van der Waals surface area contributed by atoms with E-state index in [-0.39, 0.29) is 19.0 Å². The first-order valence-electron chi connectivity index (χ1n) is 11.2. The van der Waals surface area contributed by atoms with Crippen molar-refractivity contribution in [2.24, 2.45) is 0 Å². The van der Waals surface area contributed by atoms with Crippen LogP contribution in [0.3, 0.4) is 0 Å². The van der Waals surface area contributed by atoms with Gasteiger partial charge >= 0.3 is 0 Å². The van der Waals surface area contributed by atoms with Gasteiger partial charge in [-0.3, -0.25) is 19.5 Å². The van der Waals surface area contributed by atoms with E-state index in [1.54, 1.807) is 54.2 Å². The molecule has 3 aromatic carbocycles. The van der Waals surface area contributed by atoms with Crippen molar-refractivity contribution in [1.82, 2.24) is 14.5 Å². The quantitative estimate of drug-likeness (QED) is 0.309. The zero-order chi connectivity index (χ0) is 25.5. The monoisotopic (exact) mass is 500 g/mol. The topological polar surface area (TPSA) is 76.5 Å². The molecular weight excluding hydrogens is 476 g/mol. The number of amides is 2. The van der Waals surface area contributed by atoms with Crippen LogP contribution in [0, 0.1) is 0 Å². The summed E-state index contributed by atoms with van der Waals surface area (Å²) in [4.78, 5) is 32.2. The number of carbonyl (C=O) groups is 2. The summed E-state index contributed by atoms with van der Waals surface area (Å²) in [6.45, 7) is 3.74. The van der Waals surface area contributed by atoms with Gasteiger partial charge in [0.25, 0.3) is 5.91 Å². The molecule has 1 aromatic heterocycles. The van der Waals surface area contributed by atoms with Gasteiger partial charge in [0.15, 0.2) is 0 Å². The highest BCUT2D eigenvalue weighted by Gasteiger charge is 2.20. The Bertz CT molecular complexity index is 1370. The van der Waals surface area contributed by atoms with E-state index in [9.17, 15) is 9.59 Å². The summed E-state index contributed by atoms with van der Waals surface area (Å²) < 4.78 is 6.91. The van der Waals surface area contributed by atoms with Gasteiger partial charge in [-0.05, 0) is 42.5 Å². The van der Waals surface area contributed by atoms with Crippen molar-refractivity contribution in [1.29, 1.82) is 0 Å². The van der Waals surface area contributed by atoms with E-state index in [4.69, 9.17) is 16.3 Å². The number of hydrogen-bond donors (Lipinski definition) is 1. The molecule has 0 fully saturated rings. The molecule has 0 aliphatic rings. The predicted octanol–water partition coefficient (Wildman–Crippen LogP) is 5.47. The molecule has 36 heavy (non-hydrogen) atoms. The molecule has 0 saturated carbocycles. The van der Waals surface area contributed by atoms with Crippen molar-refractivity contribution in [3.05, 3.63) is 108 Å². The lowest BCUT2D eigenvalue weighted by Crippen LogP contribution is -2.38. The van der Waals surface area contributed by atoms with Gasteiger partial charge in [-0.15, -0.1) is 6.58 Å². The van der Waals surface area contributed by atoms with Crippen LogP contribution in [0.4, 0.5) is 5.95 Å². The Kier molecular flexibility index (Phi) is 7.82. The lowest BCUT2D eigenvalue weighted by atomic mass is 10.2. The Morgan fingerprint density at radius 2 is 1.83 bits per heavy atom. The molecule has 0 aliphatic heterocycles. The van der Waals surface area contributed by atoms with E-state index >= 15 is 0 Å². The molecule has 0 saturated heterocycles. The van der Waals surface area contributed by atoms with Crippen molar-refractivity contribution < 1.29 is 14.3 Å². The number of benzene rings is 3. The molecule has 4 rings (SSSR count). The zero-order valence-corrected chi connectivity index (χ0v) is 20.5. The zero-order valence-electron chi connectivity index (χ0n) is 19.7.